The Labute approximate surface area is 372 Å². The zero-order valence-corrected chi connectivity index (χ0v) is 39.0. The molecular formula is C48H61F3N4O6SSi. The molecule has 0 saturated carbocycles. The highest BCUT2D eigenvalue weighted by Gasteiger charge is 2.42. The minimum Gasteiger partial charge on any atom is -0.402 e. The highest BCUT2D eigenvalue weighted by molar-refractivity contribution is 7.89. The summed E-state index contributed by atoms with van der Waals surface area (Å²) in [6.07, 6.45) is -4.42. The number of rotatable bonds is 14. The van der Waals surface area contributed by atoms with Crippen LogP contribution in [0.1, 0.15) is 72.3 Å². The van der Waals surface area contributed by atoms with Crippen molar-refractivity contribution in [2.24, 2.45) is 0 Å². The first-order chi connectivity index (χ1) is 30.0. The third-order valence-electron chi connectivity index (χ3n) is 12.5. The summed E-state index contributed by atoms with van der Waals surface area (Å²) < 4.78 is 91.7. The van der Waals surface area contributed by atoms with Gasteiger partial charge in [0.05, 0.1) is 41.9 Å². The van der Waals surface area contributed by atoms with Crippen molar-refractivity contribution in [3.05, 3.63) is 125 Å². The van der Waals surface area contributed by atoms with Crippen molar-refractivity contribution in [1.29, 1.82) is 0 Å². The van der Waals surface area contributed by atoms with E-state index in [4.69, 9.17) is 13.9 Å². The molecule has 4 aromatic rings. The van der Waals surface area contributed by atoms with Gasteiger partial charge in [-0.2, -0.15) is 17.5 Å². The normalized spacial score (nSPS) is 20.4. The Morgan fingerprint density at radius 1 is 0.825 bits per heavy atom. The number of hydrogen-bond acceptors (Lipinski definition) is 8. The maximum Gasteiger partial charge on any atom is 0.416 e. The fourth-order valence-corrected chi connectivity index (χ4v) is 13.2. The minimum atomic E-state index is -4.90. The summed E-state index contributed by atoms with van der Waals surface area (Å²) >= 11 is 0. The molecule has 0 aliphatic carbocycles. The number of sulfonamides is 1. The average Bonchev–Trinajstić information content (AvgIpc) is 3.83. The van der Waals surface area contributed by atoms with Crippen LogP contribution in [0.3, 0.4) is 0 Å². The molecule has 0 N–H and O–H groups in total. The number of hydrogen-bond donors (Lipinski definition) is 0. The number of piperazine rings is 1. The van der Waals surface area contributed by atoms with E-state index in [2.05, 4.69) is 73.9 Å². The van der Waals surface area contributed by atoms with Gasteiger partial charge in [0.15, 0.2) is 0 Å². The summed E-state index contributed by atoms with van der Waals surface area (Å²) in [5, 5.41) is 2.07. The Hall–Kier alpha value is -3.93. The number of carbonyl (C=O) groups is 1. The fourth-order valence-electron chi connectivity index (χ4n) is 9.18. The van der Waals surface area contributed by atoms with E-state index in [0.29, 0.717) is 51.8 Å². The molecule has 0 bridgehead atoms. The van der Waals surface area contributed by atoms with E-state index in [1.54, 1.807) is 12.0 Å². The van der Waals surface area contributed by atoms with Crippen molar-refractivity contribution in [1.82, 2.24) is 19.0 Å². The summed E-state index contributed by atoms with van der Waals surface area (Å²) in [7, 11) is -5.16. The highest BCUT2D eigenvalue weighted by atomic mass is 32.2. The molecule has 0 radical (unpaired) electrons. The van der Waals surface area contributed by atoms with Crippen molar-refractivity contribution in [2.75, 3.05) is 79.2 Å². The molecule has 63 heavy (non-hydrogen) atoms. The number of nitrogens with zero attached hydrogens (tertiary/aromatic N) is 4. The van der Waals surface area contributed by atoms with Gasteiger partial charge < -0.3 is 18.8 Å². The Bertz CT molecular complexity index is 2230. The Morgan fingerprint density at radius 2 is 1.46 bits per heavy atom. The highest BCUT2D eigenvalue weighted by Crippen LogP contribution is 2.37. The zero-order chi connectivity index (χ0) is 44.9. The molecule has 3 aliphatic rings. The smallest absolute Gasteiger partial charge is 0.402 e. The quantitative estimate of drug-likeness (QED) is 0.146. The van der Waals surface area contributed by atoms with Crippen molar-refractivity contribution in [3.63, 3.8) is 0 Å². The van der Waals surface area contributed by atoms with Gasteiger partial charge in [0, 0.05) is 71.6 Å². The first kappa shape index (κ1) is 47.0. The van der Waals surface area contributed by atoms with Crippen LogP contribution in [-0.4, -0.2) is 134 Å². The second kappa shape index (κ2) is 20.1. The summed E-state index contributed by atoms with van der Waals surface area (Å²) in [5.41, 5.74) is 1.34. The van der Waals surface area contributed by atoms with Gasteiger partial charge in [-0.05, 0) is 70.4 Å². The van der Waals surface area contributed by atoms with Crippen molar-refractivity contribution in [2.45, 2.75) is 75.3 Å². The van der Waals surface area contributed by atoms with Gasteiger partial charge in [-0.15, -0.1) is 0 Å². The van der Waals surface area contributed by atoms with Gasteiger partial charge in [0.25, 0.3) is 5.91 Å². The van der Waals surface area contributed by atoms with Crippen LogP contribution < -0.4 is 10.4 Å². The molecule has 340 valence electrons. The second-order valence-electron chi connectivity index (χ2n) is 18.1. The number of amides is 1. The fraction of sp³-hybridized carbons (Fsp3) is 0.479. The maximum atomic E-state index is 15.2. The van der Waals surface area contributed by atoms with Crippen LogP contribution in [0.5, 0.6) is 0 Å². The zero-order valence-electron chi connectivity index (χ0n) is 37.0. The lowest BCUT2D eigenvalue weighted by molar-refractivity contribution is -0.137. The maximum absolute atomic E-state index is 15.2. The third-order valence-corrected chi connectivity index (χ3v) is 16.9. The predicted molar refractivity (Wildman–Crippen MR) is 242 cm³/mol. The number of aryl methyl sites for hydroxylation is 1. The predicted octanol–water partition coefficient (Wildman–Crippen LogP) is 5.87. The van der Waals surface area contributed by atoms with Gasteiger partial charge in [-0.25, -0.2) is 8.42 Å². The summed E-state index contributed by atoms with van der Waals surface area (Å²) in [5.74, 6) is -0.673. The molecule has 3 heterocycles. The van der Waals surface area contributed by atoms with Gasteiger partial charge >= 0.3 is 6.18 Å². The number of benzene rings is 4. The van der Waals surface area contributed by atoms with Crippen LogP contribution in [0, 0.1) is 6.92 Å². The molecule has 10 nitrogen and oxygen atoms in total. The molecule has 15 heteroatoms. The average molecular weight is 907 g/mol. The molecule has 7 rings (SSSR count). The van der Waals surface area contributed by atoms with Gasteiger partial charge in [-0.1, -0.05) is 99.6 Å². The summed E-state index contributed by atoms with van der Waals surface area (Å²) in [6, 6.07) is 28.4. The molecule has 0 aromatic heterocycles. The second-order valence-corrected chi connectivity index (χ2v) is 22.4. The van der Waals surface area contributed by atoms with E-state index in [-0.39, 0.29) is 36.7 Å². The molecule has 3 fully saturated rings. The standard InChI is InChI=1S/C48H61F3N4O6SSi/c1-35-18-19-36(30-43(35)47(2,3)4)45(61-63(41-14-8-6-9-15-41)42-16-10-7-11-17-42)44-33-52(22-23-53-26-27-60-39(32-53)34-59-5)24-25-55(44)46(56)37-28-38(48(49,50)51)31-40(29-37)62(57,58)54-20-12-13-21-54/h6-11,14-19,28-31,39,44-45,63H,12-13,20-27,32-34H2,1-5H3/t39-,44+,45?/m0/s1. The van der Waals surface area contributed by atoms with Gasteiger partial charge in [-0.3, -0.25) is 14.6 Å². The number of morpholine rings is 1. The molecule has 3 atom stereocenters. The molecule has 1 amide bonds. The third kappa shape index (κ3) is 11.3. The molecular weight excluding hydrogens is 846 g/mol. The SMILES string of the molecule is COC[C@@H]1CN(CCN2CCN(C(=O)c3cc(C(F)(F)F)cc(S(=O)(=O)N4CCCC4)c3)[C@@H](C(O[SiH](c3ccccc3)c3ccccc3)c3ccc(C)c(C(C)(C)C)c3)C2)CCO1. The van der Waals surface area contributed by atoms with Crippen LogP contribution in [0.2, 0.25) is 0 Å². The van der Waals surface area contributed by atoms with E-state index in [1.165, 1.54) is 4.31 Å². The van der Waals surface area contributed by atoms with Crippen LogP contribution in [0.15, 0.2) is 102 Å². The Balaban J connectivity index is 1.34. The minimum absolute atomic E-state index is 0.0354. The largest absolute Gasteiger partial charge is 0.416 e. The molecule has 0 spiro atoms. The van der Waals surface area contributed by atoms with Crippen LogP contribution in [-0.2, 0) is 35.5 Å². The van der Waals surface area contributed by atoms with Crippen molar-refractivity contribution >= 4 is 35.3 Å². The number of ether oxygens (including phenoxy) is 2. The van der Waals surface area contributed by atoms with Crippen molar-refractivity contribution in [3.8, 4) is 0 Å². The first-order valence-electron chi connectivity index (χ1n) is 22.0. The van der Waals surface area contributed by atoms with Crippen LogP contribution >= 0.6 is 0 Å². The van der Waals surface area contributed by atoms with Gasteiger partial charge in [0.1, 0.15) is 0 Å². The lowest BCUT2D eigenvalue weighted by Gasteiger charge is -2.46. The van der Waals surface area contributed by atoms with E-state index in [0.717, 1.165) is 58.8 Å². The Kier molecular flexibility index (Phi) is 15.0. The molecule has 3 aliphatic heterocycles. The van der Waals surface area contributed by atoms with E-state index >= 15 is 4.79 Å². The lowest BCUT2D eigenvalue weighted by atomic mass is 9.82. The number of halogens is 3. The topological polar surface area (TPSA) is 91.9 Å². The first-order valence-corrected chi connectivity index (χ1v) is 25.0. The van der Waals surface area contributed by atoms with Gasteiger partial charge in [0.2, 0.25) is 19.1 Å². The molecule has 4 aromatic carbocycles. The number of methoxy groups -OCH3 is 1. The lowest BCUT2D eigenvalue weighted by Crippen LogP contribution is -2.60. The van der Waals surface area contributed by atoms with Crippen molar-refractivity contribution < 1.29 is 40.3 Å². The molecule has 3 saturated heterocycles. The Morgan fingerprint density at radius 3 is 2.06 bits per heavy atom. The van der Waals surface area contributed by atoms with Crippen LogP contribution in [0.25, 0.3) is 0 Å². The number of carbonyl (C=O) groups excluding carboxylic acids is 1. The summed E-state index contributed by atoms with van der Waals surface area (Å²) in [6.45, 7) is 14.0. The van der Waals surface area contributed by atoms with E-state index in [1.807, 2.05) is 42.5 Å². The monoisotopic (exact) mass is 906 g/mol. The number of alkyl halides is 3. The molecule has 1 unspecified atom stereocenters. The summed E-state index contributed by atoms with van der Waals surface area (Å²) in [4.78, 5) is 21.0. The van der Waals surface area contributed by atoms with E-state index in [9.17, 15) is 21.6 Å². The van der Waals surface area contributed by atoms with Crippen LogP contribution in [0.4, 0.5) is 13.2 Å². The van der Waals surface area contributed by atoms with E-state index < -0.39 is 53.8 Å².